The van der Waals surface area contributed by atoms with Crippen molar-refractivity contribution in [1.82, 2.24) is 0 Å². The number of nitroso groups, excluding NO2 is 1. The molecule has 0 aliphatic heterocycles. The number of nitrogens with zero attached hydrogens (tertiary/aromatic N) is 1. The standard InChI is InChI=1S/C7H6BrNO/c8-5-6-2-1-3-7(4-6)9-10/h1-4H,5H2. The highest BCUT2D eigenvalue weighted by Crippen LogP contribution is 2.14. The number of alkyl halides is 1. The second kappa shape index (κ2) is 3.46. The van der Waals surface area contributed by atoms with Crippen LogP contribution in [0, 0.1) is 4.91 Å². The maximum atomic E-state index is 10.0. The van der Waals surface area contributed by atoms with Crippen LogP contribution in [0.25, 0.3) is 0 Å². The molecule has 0 unspecified atom stereocenters. The summed E-state index contributed by atoms with van der Waals surface area (Å²) in [6, 6.07) is 7.18. The van der Waals surface area contributed by atoms with Gasteiger partial charge in [-0.1, -0.05) is 28.1 Å². The molecule has 0 N–H and O–H groups in total. The first-order valence-electron chi connectivity index (χ1n) is 2.85. The predicted molar refractivity (Wildman–Crippen MR) is 44.5 cm³/mol. The molecule has 0 spiro atoms. The summed E-state index contributed by atoms with van der Waals surface area (Å²) in [5.74, 6) is 0. The second-order valence-corrected chi connectivity index (χ2v) is 2.46. The zero-order valence-electron chi connectivity index (χ0n) is 5.25. The number of halogens is 1. The van der Waals surface area contributed by atoms with Crippen LogP contribution < -0.4 is 0 Å². The molecule has 0 aliphatic carbocycles. The molecule has 0 aromatic heterocycles. The third-order valence-corrected chi connectivity index (χ3v) is 1.82. The van der Waals surface area contributed by atoms with Crippen molar-refractivity contribution in [2.45, 2.75) is 5.33 Å². The SMILES string of the molecule is O=Nc1cccc(CBr)c1. The number of rotatable bonds is 2. The molecule has 3 heteroatoms. The van der Waals surface area contributed by atoms with E-state index < -0.39 is 0 Å². The van der Waals surface area contributed by atoms with Gasteiger partial charge in [-0.15, -0.1) is 4.91 Å². The molecular formula is C7H6BrNO. The van der Waals surface area contributed by atoms with Crippen LogP contribution in [-0.2, 0) is 5.33 Å². The van der Waals surface area contributed by atoms with Gasteiger partial charge in [-0.3, -0.25) is 0 Å². The zero-order valence-corrected chi connectivity index (χ0v) is 6.84. The van der Waals surface area contributed by atoms with E-state index in [1.165, 1.54) is 0 Å². The van der Waals surface area contributed by atoms with Crippen LogP contribution in [0.4, 0.5) is 5.69 Å². The largest absolute Gasteiger partial charge is 0.145 e. The zero-order chi connectivity index (χ0) is 7.40. The van der Waals surface area contributed by atoms with Gasteiger partial charge in [0.1, 0.15) is 5.69 Å². The van der Waals surface area contributed by atoms with Crippen LogP contribution in [0.3, 0.4) is 0 Å². The van der Waals surface area contributed by atoms with E-state index >= 15 is 0 Å². The van der Waals surface area contributed by atoms with Crippen molar-refractivity contribution in [3.05, 3.63) is 34.7 Å². The van der Waals surface area contributed by atoms with Crippen LogP contribution >= 0.6 is 15.9 Å². The first-order valence-corrected chi connectivity index (χ1v) is 3.97. The van der Waals surface area contributed by atoms with Gasteiger partial charge in [-0.2, -0.15) is 0 Å². The third kappa shape index (κ3) is 1.64. The Kier molecular flexibility index (Phi) is 2.57. The molecule has 10 heavy (non-hydrogen) atoms. The predicted octanol–water partition coefficient (Wildman–Crippen LogP) is 2.98. The molecule has 0 amide bonds. The molecule has 52 valence electrons. The normalized spacial score (nSPS) is 9.30. The first-order chi connectivity index (χ1) is 4.86. The van der Waals surface area contributed by atoms with Gasteiger partial charge >= 0.3 is 0 Å². The summed E-state index contributed by atoms with van der Waals surface area (Å²) in [5.41, 5.74) is 1.55. The summed E-state index contributed by atoms with van der Waals surface area (Å²) in [6.45, 7) is 0. The fourth-order valence-corrected chi connectivity index (χ4v) is 1.05. The summed E-state index contributed by atoms with van der Waals surface area (Å²) < 4.78 is 0. The number of hydrogen-bond donors (Lipinski definition) is 0. The Bertz CT molecular complexity index is 237. The van der Waals surface area contributed by atoms with Crippen LogP contribution in [0.1, 0.15) is 5.56 Å². The summed E-state index contributed by atoms with van der Waals surface area (Å²) in [7, 11) is 0. The van der Waals surface area contributed by atoms with Crippen LogP contribution in [0.2, 0.25) is 0 Å². The van der Waals surface area contributed by atoms with Crippen molar-refractivity contribution in [1.29, 1.82) is 0 Å². The first kappa shape index (κ1) is 7.41. The van der Waals surface area contributed by atoms with Gasteiger partial charge in [0.05, 0.1) is 0 Å². The summed E-state index contributed by atoms with van der Waals surface area (Å²) in [5, 5.41) is 3.57. The quantitative estimate of drug-likeness (QED) is 0.532. The van der Waals surface area contributed by atoms with Crippen molar-refractivity contribution in [3.63, 3.8) is 0 Å². The Balaban J connectivity index is 2.98. The molecule has 0 atom stereocenters. The van der Waals surface area contributed by atoms with Crippen LogP contribution in [-0.4, -0.2) is 0 Å². The Morgan fingerprint density at radius 1 is 1.50 bits per heavy atom. The molecular weight excluding hydrogens is 194 g/mol. The van der Waals surface area contributed by atoms with Gasteiger partial charge in [-0.05, 0) is 22.9 Å². The average Bonchev–Trinajstić information content (AvgIpc) is 2.05. The summed E-state index contributed by atoms with van der Waals surface area (Å²) in [4.78, 5) is 10.0. The Labute approximate surface area is 67.4 Å². The molecule has 1 aromatic rings. The lowest BCUT2D eigenvalue weighted by Crippen LogP contribution is -1.73. The van der Waals surface area contributed by atoms with E-state index in [0.29, 0.717) is 5.69 Å². The van der Waals surface area contributed by atoms with E-state index in [4.69, 9.17) is 0 Å². The molecule has 1 rings (SSSR count). The van der Waals surface area contributed by atoms with Crippen LogP contribution in [0.5, 0.6) is 0 Å². The highest BCUT2D eigenvalue weighted by molar-refractivity contribution is 9.08. The second-order valence-electron chi connectivity index (χ2n) is 1.89. The Hall–Kier alpha value is -0.700. The monoisotopic (exact) mass is 199 g/mol. The lowest BCUT2D eigenvalue weighted by atomic mass is 10.2. The van der Waals surface area contributed by atoms with Gasteiger partial charge in [0, 0.05) is 5.33 Å². The van der Waals surface area contributed by atoms with Crippen molar-refractivity contribution < 1.29 is 0 Å². The summed E-state index contributed by atoms with van der Waals surface area (Å²) >= 11 is 3.28. The fourth-order valence-electron chi connectivity index (χ4n) is 0.696. The van der Waals surface area contributed by atoms with E-state index in [9.17, 15) is 4.91 Å². The van der Waals surface area contributed by atoms with E-state index in [0.717, 1.165) is 10.9 Å². The third-order valence-electron chi connectivity index (χ3n) is 1.17. The minimum Gasteiger partial charge on any atom is -0.145 e. The van der Waals surface area contributed by atoms with Gasteiger partial charge in [0.15, 0.2) is 0 Å². The van der Waals surface area contributed by atoms with Gasteiger partial charge in [0.25, 0.3) is 0 Å². The van der Waals surface area contributed by atoms with Crippen molar-refractivity contribution in [3.8, 4) is 0 Å². The number of hydrogen-bond acceptors (Lipinski definition) is 2. The molecule has 0 saturated heterocycles. The van der Waals surface area contributed by atoms with E-state index in [1.807, 2.05) is 12.1 Å². The number of benzene rings is 1. The van der Waals surface area contributed by atoms with Crippen LogP contribution in [0.15, 0.2) is 29.4 Å². The minimum absolute atomic E-state index is 0.483. The van der Waals surface area contributed by atoms with Crippen molar-refractivity contribution in [2.24, 2.45) is 5.18 Å². The Morgan fingerprint density at radius 2 is 2.30 bits per heavy atom. The highest BCUT2D eigenvalue weighted by Gasteiger charge is 1.91. The molecule has 0 heterocycles. The lowest BCUT2D eigenvalue weighted by Gasteiger charge is -1.92. The van der Waals surface area contributed by atoms with E-state index in [1.54, 1.807) is 12.1 Å². The lowest BCUT2D eigenvalue weighted by molar-refractivity contribution is 1.40. The topological polar surface area (TPSA) is 29.4 Å². The highest BCUT2D eigenvalue weighted by atomic mass is 79.9. The molecule has 0 bridgehead atoms. The van der Waals surface area contributed by atoms with Gasteiger partial charge < -0.3 is 0 Å². The maximum Gasteiger partial charge on any atom is 0.108 e. The van der Waals surface area contributed by atoms with Gasteiger partial charge in [0.2, 0.25) is 0 Å². The molecule has 2 nitrogen and oxygen atoms in total. The molecule has 1 aromatic carbocycles. The summed E-state index contributed by atoms with van der Waals surface area (Å²) in [6.07, 6.45) is 0. The molecule has 0 radical (unpaired) electrons. The van der Waals surface area contributed by atoms with E-state index in [-0.39, 0.29) is 0 Å². The van der Waals surface area contributed by atoms with E-state index in [2.05, 4.69) is 21.1 Å². The van der Waals surface area contributed by atoms with Crippen molar-refractivity contribution in [2.75, 3.05) is 0 Å². The van der Waals surface area contributed by atoms with Crippen molar-refractivity contribution >= 4 is 21.6 Å². The Morgan fingerprint density at radius 3 is 2.90 bits per heavy atom. The smallest absolute Gasteiger partial charge is 0.108 e. The fraction of sp³-hybridized carbons (Fsp3) is 0.143. The molecule has 0 aliphatic rings. The maximum absolute atomic E-state index is 10.0. The minimum atomic E-state index is 0.483. The average molecular weight is 200 g/mol. The van der Waals surface area contributed by atoms with Gasteiger partial charge in [-0.25, -0.2) is 0 Å². The molecule has 0 saturated carbocycles. The molecule has 0 fully saturated rings.